The summed E-state index contributed by atoms with van der Waals surface area (Å²) in [6.07, 6.45) is 8.85. The van der Waals surface area contributed by atoms with E-state index in [-0.39, 0.29) is 6.10 Å². The van der Waals surface area contributed by atoms with Gasteiger partial charge in [0.05, 0.1) is 19.0 Å². The van der Waals surface area contributed by atoms with Crippen LogP contribution in [0, 0.1) is 6.92 Å². The van der Waals surface area contributed by atoms with Crippen molar-refractivity contribution in [2.24, 2.45) is 0 Å². The molecule has 0 N–H and O–H groups in total. The van der Waals surface area contributed by atoms with Crippen molar-refractivity contribution in [2.75, 3.05) is 6.61 Å². The van der Waals surface area contributed by atoms with Crippen molar-refractivity contribution in [3.05, 3.63) is 54.1 Å². The van der Waals surface area contributed by atoms with Crippen molar-refractivity contribution in [3.8, 4) is 0 Å². The number of hydrogen-bond donors (Lipinski definition) is 0. The lowest BCUT2D eigenvalue weighted by Crippen LogP contribution is -2.28. The van der Waals surface area contributed by atoms with Gasteiger partial charge >= 0.3 is 0 Å². The van der Waals surface area contributed by atoms with Gasteiger partial charge in [0.15, 0.2) is 5.79 Å². The highest BCUT2D eigenvalue weighted by atomic mass is 16.7. The third kappa shape index (κ3) is 3.39. The van der Waals surface area contributed by atoms with Crippen LogP contribution >= 0.6 is 0 Å². The molecule has 0 radical (unpaired) electrons. The number of rotatable bonds is 6. The van der Waals surface area contributed by atoms with Crippen LogP contribution in [0.3, 0.4) is 0 Å². The number of unbranched alkanes of at least 4 members (excludes halogenated alkanes) is 1. The molecule has 118 valence electrons. The van der Waals surface area contributed by atoms with E-state index in [2.05, 4.69) is 47.7 Å². The van der Waals surface area contributed by atoms with Gasteiger partial charge in [0.25, 0.3) is 0 Å². The molecular weight excluding hydrogens is 276 g/mol. The molecule has 0 amide bonds. The van der Waals surface area contributed by atoms with E-state index in [9.17, 15) is 0 Å². The van der Waals surface area contributed by atoms with Gasteiger partial charge in [0.1, 0.15) is 0 Å². The summed E-state index contributed by atoms with van der Waals surface area (Å²) in [7, 11) is 0. The minimum Gasteiger partial charge on any atom is -0.343 e. The van der Waals surface area contributed by atoms with Crippen LogP contribution in [-0.4, -0.2) is 22.3 Å². The Kier molecular flexibility index (Phi) is 4.60. The smallest absolute Gasteiger partial charge is 0.195 e. The van der Waals surface area contributed by atoms with Crippen molar-refractivity contribution >= 4 is 0 Å². The highest BCUT2D eigenvalue weighted by Gasteiger charge is 2.41. The maximum Gasteiger partial charge on any atom is 0.195 e. The molecule has 1 fully saturated rings. The summed E-state index contributed by atoms with van der Waals surface area (Å²) in [6.45, 7) is 5.82. The van der Waals surface area contributed by atoms with Crippen molar-refractivity contribution in [3.63, 3.8) is 0 Å². The van der Waals surface area contributed by atoms with Crippen LogP contribution in [0.2, 0.25) is 0 Å². The second kappa shape index (κ2) is 6.63. The third-order valence-corrected chi connectivity index (χ3v) is 4.17. The Labute approximate surface area is 132 Å². The quantitative estimate of drug-likeness (QED) is 0.764. The molecule has 2 unspecified atom stereocenters. The molecule has 4 heteroatoms. The number of ether oxygens (including phenoxy) is 2. The molecular formula is C18H24N2O2. The predicted octanol–water partition coefficient (Wildman–Crippen LogP) is 3.65. The molecule has 22 heavy (non-hydrogen) atoms. The van der Waals surface area contributed by atoms with E-state index in [4.69, 9.17) is 9.47 Å². The summed E-state index contributed by atoms with van der Waals surface area (Å²) in [6, 6.07) is 8.50. The van der Waals surface area contributed by atoms with E-state index in [1.165, 1.54) is 5.56 Å². The zero-order valence-corrected chi connectivity index (χ0v) is 13.4. The molecule has 0 saturated carbocycles. The zero-order chi connectivity index (χ0) is 15.4. The van der Waals surface area contributed by atoms with Crippen molar-refractivity contribution in [1.29, 1.82) is 0 Å². The van der Waals surface area contributed by atoms with Crippen LogP contribution < -0.4 is 0 Å². The fourth-order valence-electron chi connectivity index (χ4n) is 2.95. The fraction of sp³-hybridized carbons (Fsp3) is 0.500. The van der Waals surface area contributed by atoms with Crippen molar-refractivity contribution in [1.82, 2.24) is 9.55 Å². The Morgan fingerprint density at radius 1 is 1.27 bits per heavy atom. The summed E-state index contributed by atoms with van der Waals surface area (Å²) in [5.74, 6) is -0.567. The lowest BCUT2D eigenvalue weighted by molar-refractivity contribution is -0.181. The fourth-order valence-corrected chi connectivity index (χ4v) is 2.95. The number of aryl methyl sites for hydroxylation is 2. The normalized spacial score (nSPS) is 24.7. The van der Waals surface area contributed by atoms with E-state index in [0.717, 1.165) is 31.4 Å². The molecule has 1 aromatic carbocycles. The molecule has 0 bridgehead atoms. The van der Waals surface area contributed by atoms with Gasteiger partial charge in [0.2, 0.25) is 0 Å². The van der Waals surface area contributed by atoms with Gasteiger partial charge in [-0.2, -0.15) is 0 Å². The minimum atomic E-state index is -0.567. The molecule has 2 heterocycles. The Morgan fingerprint density at radius 2 is 2.09 bits per heavy atom. The Hall–Kier alpha value is -1.65. The molecule has 1 aliphatic rings. The van der Waals surface area contributed by atoms with E-state index in [1.54, 1.807) is 0 Å². The molecule has 2 aromatic rings. The van der Waals surface area contributed by atoms with Gasteiger partial charge in [-0.05, 0) is 26.7 Å². The second-order valence-electron chi connectivity index (χ2n) is 6.12. The summed E-state index contributed by atoms with van der Waals surface area (Å²) in [4.78, 5) is 4.07. The van der Waals surface area contributed by atoms with Crippen LogP contribution in [0.1, 0.15) is 37.3 Å². The lowest BCUT2D eigenvalue weighted by Gasteiger charge is -2.28. The zero-order valence-electron chi connectivity index (χ0n) is 13.4. The molecule has 4 nitrogen and oxygen atoms in total. The predicted molar refractivity (Wildman–Crippen MR) is 85.4 cm³/mol. The average molecular weight is 300 g/mol. The summed E-state index contributed by atoms with van der Waals surface area (Å²) >= 11 is 0. The molecule has 1 aliphatic heterocycles. The minimum absolute atomic E-state index is 0.148. The van der Waals surface area contributed by atoms with E-state index >= 15 is 0 Å². The van der Waals surface area contributed by atoms with Crippen LogP contribution in [0.5, 0.6) is 0 Å². The van der Waals surface area contributed by atoms with Gasteiger partial charge < -0.3 is 14.0 Å². The average Bonchev–Trinajstić information content (AvgIpc) is 3.15. The SMILES string of the molecule is Cc1ccc(C2(CCCCn3ccnc3)OCC(C)O2)cc1. The molecule has 0 spiro atoms. The molecule has 2 atom stereocenters. The number of hydrogen-bond acceptors (Lipinski definition) is 3. The standard InChI is InChI=1S/C18H24N2O2/c1-15-5-7-17(8-6-15)18(21-13-16(2)22-18)9-3-4-11-20-12-10-19-14-20/h5-8,10,12,14,16H,3-4,9,11,13H2,1-2H3. The highest BCUT2D eigenvalue weighted by molar-refractivity contribution is 5.25. The number of imidazole rings is 1. The highest BCUT2D eigenvalue weighted by Crippen LogP contribution is 2.38. The van der Waals surface area contributed by atoms with Crippen LogP contribution in [0.15, 0.2) is 43.0 Å². The monoisotopic (exact) mass is 300 g/mol. The lowest BCUT2D eigenvalue weighted by atomic mass is 9.98. The first kappa shape index (κ1) is 15.3. The van der Waals surface area contributed by atoms with Gasteiger partial charge in [0, 0.05) is 30.9 Å². The van der Waals surface area contributed by atoms with Crippen LogP contribution in [-0.2, 0) is 21.8 Å². The largest absolute Gasteiger partial charge is 0.343 e. The number of nitrogens with zero attached hydrogens (tertiary/aromatic N) is 2. The topological polar surface area (TPSA) is 36.3 Å². The Balaban J connectivity index is 1.63. The van der Waals surface area contributed by atoms with Gasteiger partial charge in [-0.15, -0.1) is 0 Å². The van der Waals surface area contributed by atoms with E-state index in [0.29, 0.717) is 6.61 Å². The third-order valence-electron chi connectivity index (χ3n) is 4.17. The van der Waals surface area contributed by atoms with E-state index in [1.807, 2.05) is 18.7 Å². The number of aromatic nitrogens is 2. The van der Waals surface area contributed by atoms with Crippen LogP contribution in [0.4, 0.5) is 0 Å². The van der Waals surface area contributed by atoms with Crippen molar-refractivity contribution < 1.29 is 9.47 Å². The van der Waals surface area contributed by atoms with Gasteiger partial charge in [-0.3, -0.25) is 0 Å². The van der Waals surface area contributed by atoms with E-state index < -0.39 is 5.79 Å². The molecule has 3 rings (SSSR count). The Morgan fingerprint density at radius 3 is 2.73 bits per heavy atom. The summed E-state index contributed by atoms with van der Waals surface area (Å²) in [5, 5.41) is 0. The first-order valence-corrected chi connectivity index (χ1v) is 8.03. The maximum absolute atomic E-state index is 6.17. The first-order chi connectivity index (χ1) is 10.7. The second-order valence-corrected chi connectivity index (χ2v) is 6.12. The molecule has 1 aromatic heterocycles. The molecule has 1 saturated heterocycles. The van der Waals surface area contributed by atoms with Gasteiger partial charge in [-0.25, -0.2) is 4.98 Å². The Bertz CT molecular complexity index is 580. The van der Waals surface area contributed by atoms with Crippen molar-refractivity contribution in [2.45, 2.75) is 51.5 Å². The van der Waals surface area contributed by atoms with Gasteiger partial charge in [-0.1, -0.05) is 29.8 Å². The first-order valence-electron chi connectivity index (χ1n) is 8.03. The van der Waals surface area contributed by atoms with Crippen LogP contribution in [0.25, 0.3) is 0 Å². The number of benzene rings is 1. The summed E-state index contributed by atoms with van der Waals surface area (Å²) < 4.78 is 14.4. The molecule has 0 aliphatic carbocycles. The maximum atomic E-state index is 6.17. The summed E-state index contributed by atoms with van der Waals surface area (Å²) in [5.41, 5.74) is 2.38.